The Morgan fingerprint density at radius 1 is 1.15 bits per heavy atom. The molecule has 26 heavy (non-hydrogen) atoms. The van der Waals surface area contributed by atoms with Crippen molar-refractivity contribution in [3.63, 3.8) is 0 Å². The number of ether oxygens (including phenoxy) is 1. The highest BCUT2D eigenvalue weighted by Crippen LogP contribution is 2.55. The van der Waals surface area contributed by atoms with Crippen LogP contribution >= 0.6 is 0 Å². The van der Waals surface area contributed by atoms with Crippen molar-refractivity contribution < 1.29 is 4.74 Å². The van der Waals surface area contributed by atoms with Gasteiger partial charge in [-0.2, -0.15) is 0 Å². The van der Waals surface area contributed by atoms with Crippen LogP contribution in [0, 0.1) is 12.3 Å². The Morgan fingerprint density at radius 2 is 1.81 bits per heavy atom. The van der Waals surface area contributed by atoms with Gasteiger partial charge in [0.1, 0.15) is 5.82 Å². The molecule has 4 rings (SSSR count). The van der Waals surface area contributed by atoms with Gasteiger partial charge < -0.3 is 20.7 Å². The van der Waals surface area contributed by atoms with Crippen LogP contribution in [-0.2, 0) is 4.74 Å². The number of nitrogens with one attached hydrogen (secondary N) is 1. The van der Waals surface area contributed by atoms with Crippen molar-refractivity contribution in [1.82, 2.24) is 4.98 Å². The molecule has 1 saturated heterocycles. The van der Waals surface area contributed by atoms with E-state index in [9.17, 15) is 0 Å². The second kappa shape index (κ2) is 7.01. The predicted molar refractivity (Wildman–Crippen MR) is 107 cm³/mol. The van der Waals surface area contributed by atoms with Crippen LogP contribution in [0.25, 0.3) is 0 Å². The van der Waals surface area contributed by atoms with Crippen molar-refractivity contribution in [1.29, 1.82) is 0 Å². The fourth-order valence-electron chi connectivity index (χ4n) is 5.13. The van der Waals surface area contributed by atoms with Crippen LogP contribution in [0.4, 0.5) is 11.5 Å². The Hall–Kier alpha value is -1.33. The van der Waals surface area contributed by atoms with Gasteiger partial charge >= 0.3 is 0 Å². The first kappa shape index (κ1) is 18.1. The smallest absolute Gasteiger partial charge is 0.129 e. The van der Waals surface area contributed by atoms with E-state index in [2.05, 4.69) is 43.1 Å². The zero-order valence-electron chi connectivity index (χ0n) is 16.5. The third-order valence-electron chi connectivity index (χ3n) is 6.65. The van der Waals surface area contributed by atoms with Crippen molar-refractivity contribution in [2.24, 2.45) is 11.1 Å². The SMILES string of the molecule is CCC1CN(c2ccc(NC3CC4(CC(N)C4)C3)c(C)n2)CC(CC)O1. The van der Waals surface area contributed by atoms with Gasteiger partial charge in [0.15, 0.2) is 0 Å². The summed E-state index contributed by atoms with van der Waals surface area (Å²) in [5.41, 5.74) is 8.82. The summed E-state index contributed by atoms with van der Waals surface area (Å²) in [5, 5.41) is 3.71. The second-order valence-corrected chi connectivity index (χ2v) is 8.82. The summed E-state index contributed by atoms with van der Waals surface area (Å²) in [6.45, 7) is 8.41. The Kier molecular flexibility index (Phi) is 4.86. The fraction of sp³-hybridized carbons (Fsp3) is 0.762. The van der Waals surface area contributed by atoms with Crippen LogP contribution in [0.2, 0.25) is 0 Å². The van der Waals surface area contributed by atoms with E-state index in [1.165, 1.54) is 31.4 Å². The number of anilines is 2. The first-order chi connectivity index (χ1) is 12.5. The highest BCUT2D eigenvalue weighted by atomic mass is 16.5. The minimum Gasteiger partial charge on any atom is -0.381 e. The van der Waals surface area contributed by atoms with E-state index in [0.717, 1.165) is 37.4 Å². The van der Waals surface area contributed by atoms with Gasteiger partial charge in [-0.1, -0.05) is 13.8 Å². The van der Waals surface area contributed by atoms with Gasteiger partial charge in [0.25, 0.3) is 0 Å². The second-order valence-electron chi connectivity index (χ2n) is 8.82. The minimum absolute atomic E-state index is 0.314. The minimum atomic E-state index is 0.314. The van der Waals surface area contributed by atoms with Gasteiger partial charge in [0, 0.05) is 25.2 Å². The summed E-state index contributed by atoms with van der Waals surface area (Å²) in [4.78, 5) is 7.32. The number of nitrogens with two attached hydrogens (primary N) is 1. The molecule has 0 radical (unpaired) electrons. The lowest BCUT2D eigenvalue weighted by atomic mass is 9.52. The van der Waals surface area contributed by atoms with Crippen LogP contribution in [-0.4, -0.2) is 42.4 Å². The maximum atomic E-state index is 6.12. The van der Waals surface area contributed by atoms with Crippen LogP contribution in [0.15, 0.2) is 12.1 Å². The number of aryl methyl sites for hydroxylation is 1. The number of nitrogens with zero attached hydrogens (tertiary/aromatic N) is 2. The molecule has 2 heterocycles. The standard InChI is InChI=1S/C21H34N4O/c1-4-17-12-25(13-18(5-2)26-17)20-7-6-19(14(3)23-20)24-16-10-21(11-16)8-15(22)9-21/h6-7,15-18,24H,4-5,8-13,22H2,1-3H3. The summed E-state index contributed by atoms with van der Waals surface area (Å²) >= 11 is 0. The molecule has 0 amide bonds. The van der Waals surface area contributed by atoms with Gasteiger partial charge in [-0.15, -0.1) is 0 Å². The first-order valence-corrected chi connectivity index (χ1v) is 10.4. The average molecular weight is 359 g/mol. The number of pyridine rings is 1. The monoisotopic (exact) mass is 358 g/mol. The van der Waals surface area contributed by atoms with Crippen LogP contribution in [0.1, 0.15) is 58.1 Å². The molecule has 2 unspecified atom stereocenters. The molecule has 3 aliphatic rings. The number of aromatic nitrogens is 1. The number of rotatable bonds is 5. The quantitative estimate of drug-likeness (QED) is 0.844. The molecule has 144 valence electrons. The third kappa shape index (κ3) is 3.44. The van der Waals surface area contributed by atoms with Gasteiger partial charge in [0.05, 0.1) is 23.6 Å². The predicted octanol–water partition coefficient (Wildman–Crippen LogP) is 3.47. The molecule has 1 aliphatic heterocycles. The van der Waals surface area contributed by atoms with Crippen molar-refractivity contribution in [3.8, 4) is 0 Å². The zero-order chi connectivity index (χ0) is 18.3. The Labute approximate surface area is 157 Å². The lowest BCUT2D eigenvalue weighted by Gasteiger charge is -2.57. The van der Waals surface area contributed by atoms with E-state index in [0.29, 0.717) is 29.7 Å². The van der Waals surface area contributed by atoms with Crippen LogP contribution in [0.3, 0.4) is 0 Å². The Balaban J connectivity index is 1.38. The average Bonchev–Trinajstić information content (AvgIpc) is 2.59. The highest BCUT2D eigenvalue weighted by Gasteiger charge is 2.51. The van der Waals surface area contributed by atoms with E-state index in [1.807, 2.05) is 0 Å². The third-order valence-corrected chi connectivity index (χ3v) is 6.65. The summed E-state index contributed by atoms with van der Waals surface area (Å²) < 4.78 is 6.12. The Bertz CT molecular complexity index is 623. The number of hydrogen-bond donors (Lipinski definition) is 2. The van der Waals surface area contributed by atoms with Gasteiger partial charge in [0.2, 0.25) is 0 Å². The first-order valence-electron chi connectivity index (χ1n) is 10.4. The molecule has 3 fully saturated rings. The van der Waals surface area contributed by atoms with Gasteiger partial charge in [-0.05, 0) is 63.0 Å². The summed E-state index contributed by atoms with van der Waals surface area (Å²) in [6.07, 6.45) is 7.70. The van der Waals surface area contributed by atoms with Crippen molar-refractivity contribution >= 4 is 11.5 Å². The molecule has 5 heteroatoms. The largest absolute Gasteiger partial charge is 0.381 e. The fourth-order valence-corrected chi connectivity index (χ4v) is 5.13. The normalized spacial score (nSPS) is 36.5. The molecule has 2 aliphatic carbocycles. The molecule has 1 aromatic heterocycles. The summed E-state index contributed by atoms with van der Waals surface area (Å²) in [5.74, 6) is 1.09. The van der Waals surface area contributed by atoms with Crippen LogP contribution in [0.5, 0.6) is 0 Å². The highest BCUT2D eigenvalue weighted by molar-refractivity contribution is 5.54. The maximum absolute atomic E-state index is 6.12. The molecule has 1 aromatic rings. The van der Waals surface area contributed by atoms with Gasteiger partial charge in [-0.3, -0.25) is 0 Å². The molecule has 1 spiro atoms. The molecule has 0 bridgehead atoms. The molecular formula is C21H34N4O. The number of hydrogen-bond acceptors (Lipinski definition) is 5. The van der Waals surface area contributed by atoms with Crippen molar-refractivity contribution in [2.75, 3.05) is 23.3 Å². The van der Waals surface area contributed by atoms with Crippen molar-refractivity contribution in [2.45, 2.75) is 83.6 Å². The van der Waals surface area contributed by atoms with Gasteiger partial charge in [-0.25, -0.2) is 4.98 Å². The molecular weight excluding hydrogens is 324 g/mol. The molecule has 3 N–H and O–H groups in total. The maximum Gasteiger partial charge on any atom is 0.129 e. The lowest BCUT2D eigenvalue weighted by molar-refractivity contribution is -0.0287. The van der Waals surface area contributed by atoms with Crippen LogP contribution < -0.4 is 16.0 Å². The summed E-state index contributed by atoms with van der Waals surface area (Å²) in [6, 6.07) is 5.43. The van der Waals surface area contributed by atoms with E-state index >= 15 is 0 Å². The lowest BCUT2D eigenvalue weighted by Crippen LogP contribution is -2.57. The van der Waals surface area contributed by atoms with E-state index in [4.69, 9.17) is 15.5 Å². The topological polar surface area (TPSA) is 63.4 Å². The molecule has 5 nitrogen and oxygen atoms in total. The number of morpholine rings is 1. The van der Waals surface area contributed by atoms with Crippen molar-refractivity contribution in [3.05, 3.63) is 17.8 Å². The van der Waals surface area contributed by atoms with E-state index < -0.39 is 0 Å². The Morgan fingerprint density at radius 3 is 2.35 bits per heavy atom. The molecule has 0 aromatic carbocycles. The summed E-state index contributed by atoms with van der Waals surface area (Å²) in [7, 11) is 0. The van der Waals surface area contributed by atoms with E-state index in [-0.39, 0.29) is 0 Å². The molecule has 2 atom stereocenters. The van der Waals surface area contributed by atoms with E-state index in [1.54, 1.807) is 0 Å². The zero-order valence-corrected chi connectivity index (χ0v) is 16.5. The molecule has 2 saturated carbocycles.